The fourth-order valence-corrected chi connectivity index (χ4v) is 3.77. The smallest absolute Gasteiger partial charge is 0.391 e. The summed E-state index contributed by atoms with van der Waals surface area (Å²) in [5.41, 5.74) is 1.48. The van der Waals surface area contributed by atoms with Gasteiger partial charge < -0.3 is 14.1 Å². The Hall–Kier alpha value is -2.51. The van der Waals surface area contributed by atoms with Crippen LogP contribution in [0, 0.1) is 12.8 Å². The lowest BCUT2D eigenvalue weighted by Crippen LogP contribution is -2.46. The van der Waals surface area contributed by atoms with E-state index in [1.54, 1.807) is 19.1 Å². The minimum absolute atomic E-state index is 0.0559. The van der Waals surface area contributed by atoms with Crippen molar-refractivity contribution < 1.29 is 27.1 Å². The normalized spacial score (nSPS) is 16.8. The van der Waals surface area contributed by atoms with E-state index in [9.17, 15) is 22.8 Å². The maximum Gasteiger partial charge on any atom is 0.391 e. The zero-order valence-electron chi connectivity index (χ0n) is 16.6. The highest BCUT2D eigenvalue weighted by molar-refractivity contribution is 5.88. The Bertz CT molecular complexity index is 959. The summed E-state index contributed by atoms with van der Waals surface area (Å²) >= 11 is 0. The fourth-order valence-electron chi connectivity index (χ4n) is 3.77. The second-order valence-electron chi connectivity index (χ2n) is 7.48. The number of likely N-dealkylation sites (tertiary alicyclic amines) is 1. The van der Waals surface area contributed by atoms with Gasteiger partial charge in [-0.3, -0.25) is 4.79 Å². The van der Waals surface area contributed by atoms with E-state index in [1.165, 1.54) is 11.0 Å². The fraction of sp³-hybridized carbons (Fsp3) is 0.524. The minimum atomic E-state index is -4.22. The molecule has 0 saturated carbocycles. The quantitative estimate of drug-likeness (QED) is 0.707. The van der Waals surface area contributed by atoms with E-state index < -0.39 is 23.8 Å². The molecule has 1 atom stereocenters. The minimum Gasteiger partial charge on any atom is -0.480 e. The van der Waals surface area contributed by atoms with Crippen LogP contribution in [0.25, 0.3) is 11.0 Å². The Morgan fingerprint density at radius 1 is 1.28 bits per heavy atom. The maximum atomic E-state index is 12.8. The Morgan fingerprint density at radius 3 is 2.52 bits per heavy atom. The van der Waals surface area contributed by atoms with Crippen LogP contribution in [0.2, 0.25) is 0 Å². The molecule has 1 aromatic heterocycles. The second-order valence-corrected chi connectivity index (χ2v) is 7.48. The van der Waals surface area contributed by atoms with Crippen molar-refractivity contribution in [1.29, 1.82) is 0 Å². The number of amides is 1. The molecule has 0 spiro atoms. The van der Waals surface area contributed by atoms with E-state index in [0.717, 1.165) is 11.1 Å². The first-order valence-electron chi connectivity index (χ1n) is 9.69. The number of aryl methyl sites for hydroxylation is 2. The number of ether oxygens (including phenoxy) is 1. The molecule has 3 rings (SSSR count). The number of hydrogen-bond acceptors (Lipinski definition) is 4. The van der Waals surface area contributed by atoms with Crippen LogP contribution >= 0.6 is 0 Å². The molecule has 29 heavy (non-hydrogen) atoms. The molecule has 1 unspecified atom stereocenters. The molecule has 8 heteroatoms. The van der Waals surface area contributed by atoms with Gasteiger partial charge in [-0.15, -0.1) is 0 Å². The van der Waals surface area contributed by atoms with Crippen molar-refractivity contribution in [2.24, 2.45) is 5.92 Å². The highest BCUT2D eigenvalue weighted by atomic mass is 19.4. The molecule has 0 bridgehead atoms. The van der Waals surface area contributed by atoms with Gasteiger partial charge in [0.2, 0.25) is 0 Å². The van der Waals surface area contributed by atoms with E-state index in [-0.39, 0.29) is 31.8 Å². The van der Waals surface area contributed by atoms with Gasteiger partial charge in [0.05, 0.1) is 11.3 Å². The van der Waals surface area contributed by atoms with Crippen LogP contribution in [0.5, 0.6) is 5.75 Å². The van der Waals surface area contributed by atoms with E-state index in [1.807, 2.05) is 13.8 Å². The lowest BCUT2D eigenvalue weighted by atomic mass is 9.96. The standard InChI is InChI=1S/C21H24F3NO4/c1-4-14-11-18(26)29-17-10-12(2)9-16(19(14)17)28-13(3)20(27)25-7-5-15(6-8-25)21(22,23)24/h9-11,13,15H,4-8H2,1-3H3. The summed E-state index contributed by atoms with van der Waals surface area (Å²) < 4.78 is 49.7. The first-order valence-corrected chi connectivity index (χ1v) is 9.69. The molecule has 5 nitrogen and oxygen atoms in total. The molecule has 0 N–H and O–H groups in total. The molecule has 1 fully saturated rings. The summed E-state index contributed by atoms with van der Waals surface area (Å²) in [5.74, 6) is -1.29. The first kappa shape index (κ1) is 21.2. The summed E-state index contributed by atoms with van der Waals surface area (Å²) in [6.45, 7) is 5.41. The van der Waals surface area contributed by atoms with E-state index in [4.69, 9.17) is 9.15 Å². The number of halogens is 3. The molecular weight excluding hydrogens is 387 g/mol. The molecular formula is C21H24F3NO4. The number of hydrogen-bond donors (Lipinski definition) is 0. The zero-order chi connectivity index (χ0) is 21.3. The Kier molecular flexibility index (Phi) is 5.91. The molecule has 1 aliphatic rings. The van der Waals surface area contributed by atoms with Gasteiger partial charge in [0, 0.05) is 19.2 Å². The van der Waals surface area contributed by atoms with E-state index >= 15 is 0 Å². The molecule has 1 saturated heterocycles. The van der Waals surface area contributed by atoms with Crippen LogP contribution < -0.4 is 10.4 Å². The summed E-state index contributed by atoms with van der Waals surface area (Å²) in [6, 6.07) is 4.90. The highest BCUT2D eigenvalue weighted by Gasteiger charge is 2.42. The van der Waals surface area contributed by atoms with Crippen molar-refractivity contribution in [2.75, 3.05) is 13.1 Å². The average molecular weight is 411 g/mol. The average Bonchev–Trinajstić information content (AvgIpc) is 2.65. The largest absolute Gasteiger partial charge is 0.480 e. The van der Waals surface area contributed by atoms with Crippen molar-refractivity contribution in [3.05, 3.63) is 39.7 Å². The van der Waals surface area contributed by atoms with Gasteiger partial charge in [-0.1, -0.05) is 6.92 Å². The Balaban J connectivity index is 1.80. The Labute approximate surface area is 166 Å². The number of benzene rings is 1. The molecule has 2 aromatic rings. The van der Waals surface area contributed by atoms with Crippen LogP contribution in [0.15, 0.2) is 27.4 Å². The van der Waals surface area contributed by atoms with Crippen molar-refractivity contribution in [2.45, 2.75) is 52.3 Å². The third-order valence-corrected chi connectivity index (χ3v) is 5.34. The summed E-state index contributed by atoms with van der Waals surface area (Å²) in [5, 5.41) is 0.633. The van der Waals surface area contributed by atoms with Gasteiger partial charge >= 0.3 is 11.8 Å². The van der Waals surface area contributed by atoms with Gasteiger partial charge in [-0.2, -0.15) is 13.2 Å². The molecule has 1 aromatic carbocycles. The lowest BCUT2D eigenvalue weighted by Gasteiger charge is -2.34. The number of nitrogens with zero attached hydrogens (tertiary/aromatic N) is 1. The molecule has 1 amide bonds. The zero-order valence-corrected chi connectivity index (χ0v) is 16.6. The topological polar surface area (TPSA) is 59.8 Å². The highest BCUT2D eigenvalue weighted by Crippen LogP contribution is 2.35. The summed E-state index contributed by atoms with van der Waals surface area (Å²) in [6.07, 6.45) is -4.72. The van der Waals surface area contributed by atoms with Crippen LogP contribution in [-0.4, -0.2) is 36.2 Å². The molecule has 2 heterocycles. The molecule has 158 valence electrons. The first-order chi connectivity index (χ1) is 13.6. The third kappa shape index (κ3) is 4.57. The summed E-state index contributed by atoms with van der Waals surface area (Å²) in [4.78, 5) is 25.9. The maximum absolute atomic E-state index is 12.8. The van der Waals surface area contributed by atoms with E-state index in [2.05, 4.69) is 0 Å². The van der Waals surface area contributed by atoms with Gasteiger partial charge in [-0.25, -0.2) is 4.79 Å². The molecule has 1 aliphatic heterocycles. The summed E-state index contributed by atoms with van der Waals surface area (Å²) in [7, 11) is 0. The third-order valence-electron chi connectivity index (χ3n) is 5.34. The monoisotopic (exact) mass is 411 g/mol. The van der Waals surface area contributed by atoms with Crippen LogP contribution in [0.3, 0.4) is 0 Å². The van der Waals surface area contributed by atoms with Crippen molar-refractivity contribution >= 4 is 16.9 Å². The molecule has 0 radical (unpaired) electrons. The second kappa shape index (κ2) is 8.08. The van der Waals surface area contributed by atoms with Gasteiger partial charge in [0.25, 0.3) is 5.91 Å². The predicted octanol–water partition coefficient (Wildman–Crippen LogP) is 4.23. The number of carbonyl (C=O) groups excluding carboxylic acids is 1. The van der Waals surface area contributed by atoms with Crippen LogP contribution in [0.1, 0.15) is 37.8 Å². The van der Waals surface area contributed by atoms with E-state index in [0.29, 0.717) is 23.1 Å². The van der Waals surface area contributed by atoms with Crippen LogP contribution in [-0.2, 0) is 11.2 Å². The molecule has 0 aliphatic carbocycles. The number of fused-ring (bicyclic) bond motifs is 1. The van der Waals surface area contributed by atoms with Gasteiger partial charge in [-0.05, 0) is 56.4 Å². The number of piperidine rings is 1. The van der Waals surface area contributed by atoms with Crippen LogP contribution in [0.4, 0.5) is 13.2 Å². The lowest BCUT2D eigenvalue weighted by molar-refractivity contribution is -0.187. The predicted molar refractivity (Wildman–Crippen MR) is 102 cm³/mol. The van der Waals surface area contributed by atoms with Gasteiger partial charge in [0.1, 0.15) is 11.3 Å². The SMILES string of the molecule is CCc1cc(=O)oc2cc(C)cc(OC(C)C(=O)N3CCC(C(F)(F)F)CC3)c12. The number of alkyl halides is 3. The van der Waals surface area contributed by atoms with Crippen molar-refractivity contribution in [1.82, 2.24) is 4.90 Å². The van der Waals surface area contributed by atoms with Gasteiger partial charge in [0.15, 0.2) is 6.10 Å². The van der Waals surface area contributed by atoms with Crippen molar-refractivity contribution in [3.63, 3.8) is 0 Å². The number of rotatable bonds is 4. The number of carbonyl (C=O) groups is 1. The van der Waals surface area contributed by atoms with Crippen molar-refractivity contribution in [3.8, 4) is 5.75 Å². The Morgan fingerprint density at radius 2 is 1.93 bits per heavy atom.